The van der Waals surface area contributed by atoms with Gasteiger partial charge in [0.1, 0.15) is 5.82 Å². The first-order chi connectivity index (χ1) is 9.11. The normalized spacial score (nSPS) is 12.4. The molecule has 0 aliphatic rings. The highest BCUT2D eigenvalue weighted by molar-refractivity contribution is 9.09. The van der Waals surface area contributed by atoms with Crippen molar-refractivity contribution in [1.29, 1.82) is 0 Å². The van der Waals surface area contributed by atoms with Crippen LogP contribution in [0.25, 0.3) is 0 Å². The number of hydrogen-bond acceptors (Lipinski definition) is 0. The third kappa shape index (κ3) is 3.58. The van der Waals surface area contributed by atoms with Gasteiger partial charge in [0.25, 0.3) is 0 Å². The van der Waals surface area contributed by atoms with Crippen LogP contribution in [-0.4, -0.2) is 5.33 Å². The molecule has 0 amide bonds. The van der Waals surface area contributed by atoms with E-state index in [4.69, 9.17) is 11.6 Å². The summed E-state index contributed by atoms with van der Waals surface area (Å²) in [4.78, 5) is 0. The van der Waals surface area contributed by atoms with Crippen molar-refractivity contribution >= 4 is 27.5 Å². The van der Waals surface area contributed by atoms with Crippen molar-refractivity contribution in [2.45, 2.75) is 19.3 Å². The van der Waals surface area contributed by atoms with E-state index in [0.29, 0.717) is 17.0 Å². The molecule has 0 bridgehead atoms. The van der Waals surface area contributed by atoms with Gasteiger partial charge in [-0.2, -0.15) is 0 Å². The topological polar surface area (TPSA) is 0 Å². The molecule has 0 heterocycles. The second-order valence-corrected chi connectivity index (χ2v) is 5.72. The first-order valence-corrected chi connectivity index (χ1v) is 7.67. The van der Waals surface area contributed by atoms with Gasteiger partial charge in [0, 0.05) is 15.9 Å². The van der Waals surface area contributed by atoms with E-state index < -0.39 is 0 Å². The molecule has 0 aromatic heterocycles. The van der Waals surface area contributed by atoms with Gasteiger partial charge in [0.15, 0.2) is 0 Å². The molecule has 1 unspecified atom stereocenters. The minimum atomic E-state index is -0.231. The molecule has 0 radical (unpaired) electrons. The molecule has 100 valence electrons. The van der Waals surface area contributed by atoms with Gasteiger partial charge in [-0.25, -0.2) is 4.39 Å². The molecule has 3 heteroatoms. The predicted octanol–water partition coefficient (Wildman–Crippen LogP) is 5.51. The zero-order valence-electron chi connectivity index (χ0n) is 10.7. The maximum absolute atomic E-state index is 13.8. The Balaban J connectivity index is 2.26. The van der Waals surface area contributed by atoms with Gasteiger partial charge in [-0.1, -0.05) is 63.4 Å². The molecule has 2 rings (SSSR count). The number of alkyl halides is 1. The number of halogens is 3. The molecular weight excluding hydrogens is 327 g/mol. The molecule has 0 nitrogen and oxygen atoms in total. The Bertz CT molecular complexity index is 531. The van der Waals surface area contributed by atoms with Crippen molar-refractivity contribution in [3.05, 3.63) is 70.0 Å². The highest BCUT2D eigenvalue weighted by atomic mass is 79.9. The van der Waals surface area contributed by atoms with Crippen LogP contribution in [0.3, 0.4) is 0 Å². The van der Waals surface area contributed by atoms with Crippen LogP contribution < -0.4 is 0 Å². The van der Waals surface area contributed by atoms with E-state index in [9.17, 15) is 4.39 Å². The first kappa shape index (κ1) is 14.5. The average Bonchev–Trinajstić information content (AvgIpc) is 2.40. The maximum Gasteiger partial charge on any atom is 0.127 e. The molecule has 0 spiro atoms. The fourth-order valence-electron chi connectivity index (χ4n) is 2.07. The third-order valence-electron chi connectivity index (χ3n) is 3.25. The fourth-order valence-corrected chi connectivity index (χ4v) is 2.92. The molecule has 2 aromatic rings. The molecule has 19 heavy (non-hydrogen) atoms. The lowest BCUT2D eigenvalue weighted by atomic mass is 9.93. The second-order valence-electron chi connectivity index (χ2n) is 4.67. The van der Waals surface area contributed by atoms with Crippen molar-refractivity contribution in [3.8, 4) is 0 Å². The third-order valence-corrected chi connectivity index (χ3v) is 4.38. The monoisotopic (exact) mass is 340 g/mol. The van der Waals surface area contributed by atoms with Gasteiger partial charge in [-0.3, -0.25) is 0 Å². The van der Waals surface area contributed by atoms with E-state index in [1.807, 2.05) is 0 Å². The van der Waals surface area contributed by atoms with E-state index in [2.05, 4.69) is 47.1 Å². The van der Waals surface area contributed by atoms with Gasteiger partial charge in [-0.05, 0) is 37.0 Å². The lowest BCUT2D eigenvalue weighted by Crippen LogP contribution is -2.06. The molecule has 0 fully saturated rings. The van der Waals surface area contributed by atoms with Crippen LogP contribution in [0.1, 0.15) is 22.6 Å². The summed E-state index contributed by atoms with van der Waals surface area (Å²) < 4.78 is 13.8. The lowest BCUT2D eigenvalue weighted by molar-refractivity contribution is 0.599. The zero-order chi connectivity index (χ0) is 13.8. The summed E-state index contributed by atoms with van der Waals surface area (Å²) in [5, 5.41) is 1.28. The Morgan fingerprint density at radius 3 is 2.42 bits per heavy atom. The predicted molar refractivity (Wildman–Crippen MR) is 82.8 cm³/mol. The molecule has 1 atom stereocenters. The van der Waals surface area contributed by atoms with Gasteiger partial charge >= 0.3 is 0 Å². The van der Waals surface area contributed by atoms with Crippen LogP contribution in [-0.2, 0) is 6.42 Å². The zero-order valence-corrected chi connectivity index (χ0v) is 13.0. The summed E-state index contributed by atoms with van der Waals surface area (Å²) in [6.45, 7) is 2.06. The molecule has 2 aromatic carbocycles. The summed E-state index contributed by atoms with van der Waals surface area (Å²) in [6.07, 6.45) is 0.597. The molecule has 0 N–H and O–H groups in total. The smallest absolute Gasteiger partial charge is 0.127 e. The SMILES string of the molecule is Cc1ccc(C(CBr)Cc2c(F)cccc2Cl)cc1. The number of aryl methyl sites for hydroxylation is 1. The molecule has 0 saturated heterocycles. The summed E-state index contributed by atoms with van der Waals surface area (Å²) in [6, 6.07) is 13.2. The Hall–Kier alpha value is -0.860. The van der Waals surface area contributed by atoms with Gasteiger partial charge in [-0.15, -0.1) is 0 Å². The summed E-state index contributed by atoms with van der Waals surface area (Å²) in [5.41, 5.74) is 3.01. The Morgan fingerprint density at radius 1 is 1.16 bits per heavy atom. The summed E-state index contributed by atoms with van der Waals surface area (Å²) >= 11 is 9.60. The van der Waals surface area contributed by atoms with Crippen LogP contribution in [0.15, 0.2) is 42.5 Å². The minimum absolute atomic E-state index is 0.218. The summed E-state index contributed by atoms with van der Waals surface area (Å²) in [7, 11) is 0. The second kappa shape index (κ2) is 6.53. The van der Waals surface area contributed by atoms with Crippen LogP contribution in [0, 0.1) is 12.7 Å². The fraction of sp³-hybridized carbons (Fsp3) is 0.250. The lowest BCUT2D eigenvalue weighted by Gasteiger charge is -2.16. The van der Waals surface area contributed by atoms with Crippen LogP contribution in [0.2, 0.25) is 5.02 Å². The van der Waals surface area contributed by atoms with Crippen molar-refractivity contribution in [2.75, 3.05) is 5.33 Å². The number of benzene rings is 2. The standard InChI is InChI=1S/C16H15BrClF/c1-11-5-7-12(8-6-11)13(10-17)9-14-15(18)3-2-4-16(14)19/h2-8,13H,9-10H2,1H3. The van der Waals surface area contributed by atoms with Crippen LogP contribution >= 0.6 is 27.5 Å². The van der Waals surface area contributed by atoms with E-state index in [0.717, 1.165) is 5.33 Å². The quantitative estimate of drug-likeness (QED) is 0.643. The van der Waals surface area contributed by atoms with Gasteiger partial charge < -0.3 is 0 Å². The molecule has 0 aliphatic heterocycles. The first-order valence-electron chi connectivity index (χ1n) is 6.17. The average molecular weight is 342 g/mol. The summed E-state index contributed by atoms with van der Waals surface area (Å²) in [5.74, 6) is -0.0134. The molecular formula is C16H15BrClF. The Morgan fingerprint density at radius 2 is 1.84 bits per heavy atom. The molecule has 0 saturated carbocycles. The van der Waals surface area contributed by atoms with Crippen molar-refractivity contribution in [1.82, 2.24) is 0 Å². The van der Waals surface area contributed by atoms with E-state index in [1.165, 1.54) is 17.2 Å². The van der Waals surface area contributed by atoms with Crippen molar-refractivity contribution < 1.29 is 4.39 Å². The van der Waals surface area contributed by atoms with Gasteiger partial charge in [0.05, 0.1) is 0 Å². The molecule has 0 aliphatic carbocycles. The maximum atomic E-state index is 13.8. The number of hydrogen-bond donors (Lipinski definition) is 0. The Kier molecular flexibility index (Phi) is 5.00. The van der Waals surface area contributed by atoms with E-state index in [1.54, 1.807) is 12.1 Å². The van der Waals surface area contributed by atoms with Gasteiger partial charge in [0.2, 0.25) is 0 Å². The highest BCUT2D eigenvalue weighted by Gasteiger charge is 2.15. The van der Waals surface area contributed by atoms with E-state index >= 15 is 0 Å². The van der Waals surface area contributed by atoms with Crippen molar-refractivity contribution in [2.24, 2.45) is 0 Å². The van der Waals surface area contributed by atoms with Crippen LogP contribution in [0.4, 0.5) is 4.39 Å². The Labute approximate surface area is 126 Å². The van der Waals surface area contributed by atoms with E-state index in [-0.39, 0.29) is 11.7 Å². The minimum Gasteiger partial charge on any atom is -0.207 e. The largest absolute Gasteiger partial charge is 0.207 e. The highest BCUT2D eigenvalue weighted by Crippen LogP contribution is 2.28. The van der Waals surface area contributed by atoms with Crippen LogP contribution in [0.5, 0.6) is 0 Å². The van der Waals surface area contributed by atoms with Crippen molar-refractivity contribution in [3.63, 3.8) is 0 Å². The number of rotatable bonds is 4.